The van der Waals surface area contributed by atoms with Gasteiger partial charge in [0.15, 0.2) is 11.6 Å². The molecule has 0 spiro atoms. The van der Waals surface area contributed by atoms with E-state index in [1.54, 1.807) is 24.3 Å². The molecule has 4 heterocycles. The van der Waals surface area contributed by atoms with E-state index in [1.165, 1.54) is 24.3 Å². The lowest BCUT2D eigenvalue weighted by Crippen LogP contribution is -2.45. The van der Waals surface area contributed by atoms with Crippen molar-refractivity contribution in [2.45, 2.75) is 220 Å². The third-order valence-electron chi connectivity index (χ3n) is 17.3. The molecule has 2 aromatic heterocycles. The first-order valence-corrected chi connectivity index (χ1v) is 34.2. The minimum atomic E-state index is -0.956. The van der Waals surface area contributed by atoms with E-state index >= 15 is 0 Å². The number of fused-ring (bicyclic) bond motifs is 6. The molecule has 4 aliphatic rings. The second-order valence-corrected chi connectivity index (χ2v) is 29.7. The molecule has 2 aliphatic heterocycles. The standard InChI is InChI=1S/C42H54FN3O5.C38H44FNO6/c1-26(2)38-35(20-18-31-24-32(50-42(6,7)49-31)25-36(47)51-41(3,4)5)37(27-13-16-30(43)17-14-27)34-12-10-11-28-23-29(15-19-33(28)39(34)45-38)40(48)44-21-22-46(8)9;1-22(2)34-31(18-16-27-20-28(45-38(6,7)44-27)21-32(41)46-37(3,4)5)33(23-11-14-26(39)15-12-23)30-10-8-9-24-19-25(36(42)43)13-17-29(24)35(30)40-34/h13-20,23,26,31-32H,10-12,21-22,24-25H2,1-9H3,(H,44,48);11-19,22,27-28H,8-10,20-21H2,1-7H3,(H,42,43)/b20-18+;18-16+/t31-,32-;27-,28-/m11/s1. The van der Waals surface area contributed by atoms with Crippen LogP contribution >= 0.6 is 0 Å². The van der Waals surface area contributed by atoms with Crippen LogP contribution in [0.3, 0.4) is 0 Å². The van der Waals surface area contributed by atoms with Gasteiger partial charge in [0.1, 0.15) is 22.8 Å². The van der Waals surface area contributed by atoms with E-state index in [9.17, 15) is 33.1 Å². The molecule has 0 bridgehead atoms. The average Bonchev–Trinajstić information content (AvgIpc) is 1.73. The van der Waals surface area contributed by atoms with Crippen LogP contribution in [0.25, 0.3) is 56.9 Å². The van der Waals surface area contributed by atoms with E-state index in [0.29, 0.717) is 24.9 Å². The summed E-state index contributed by atoms with van der Waals surface area (Å²) in [6.07, 6.45) is 12.7. The summed E-state index contributed by atoms with van der Waals surface area (Å²) in [5.41, 5.74) is 15.1. The van der Waals surface area contributed by atoms with Crippen molar-refractivity contribution in [3.63, 3.8) is 0 Å². The predicted molar refractivity (Wildman–Crippen MR) is 376 cm³/mol. The number of rotatable bonds is 17. The van der Waals surface area contributed by atoms with Crippen LogP contribution in [0.1, 0.15) is 213 Å². The van der Waals surface area contributed by atoms with Crippen LogP contribution in [0.4, 0.5) is 8.78 Å². The number of aryl methyl sites for hydroxylation is 2. The number of aromatic nitrogens is 2. The number of halogens is 2. The maximum atomic E-state index is 14.3. The molecule has 97 heavy (non-hydrogen) atoms. The van der Waals surface area contributed by atoms with Crippen molar-refractivity contribution in [1.82, 2.24) is 20.2 Å². The topological polar surface area (TPSA) is 185 Å². The number of carboxylic acids is 1. The summed E-state index contributed by atoms with van der Waals surface area (Å²) in [4.78, 5) is 62.9. The number of esters is 2. The first-order valence-electron chi connectivity index (χ1n) is 34.2. The molecule has 2 N–H and O–H groups in total. The van der Waals surface area contributed by atoms with E-state index < -0.39 is 28.7 Å². The SMILES string of the molecule is CC(C)c1nc2c(c(-c3ccc(F)cc3)c1/C=C/[C@@H]1C[C@H](CC(=O)OC(C)(C)C)OC(C)(C)O1)CCCc1cc(C(=O)NCCN(C)C)ccc1-2.CC(C)c1nc2c(c(-c3ccc(F)cc3)c1/C=C/[C@@H]1C[C@H](CC(=O)OC(C)(C)C)OC(C)(C)O1)CCCc1cc(C(=O)O)ccc1-2. The Labute approximate surface area is 571 Å². The third-order valence-corrected chi connectivity index (χ3v) is 17.3. The Morgan fingerprint density at radius 2 is 1.01 bits per heavy atom. The third kappa shape index (κ3) is 19.3. The van der Waals surface area contributed by atoms with Gasteiger partial charge in [-0.25, -0.2) is 13.6 Å². The number of amides is 1. The quantitative estimate of drug-likeness (QED) is 0.0822. The van der Waals surface area contributed by atoms with Gasteiger partial charge in [-0.3, -0.25) is 24.4 Å². The van der Waals surface area contributed by atoms with Crippen LogP contribution in [-0.2, 0) is 63.7 Å². The molecule has 4 aromatic carbocycles. The molecule has 17 heteroatoms. The first-order chi connectivity index (χ1) is 45.6. The van der Waals surface area contributed by atoms with Gasteiger partial charge in [-0.15, -0.1) is 0 Å². The number of benzene rings is 4. The minimum absolute atomic E-state index is 0.0427. The maximum absolute atomic E-state index is 14.3. The van der Waals surface area contributed by atoms with Crippen LogP contribution < -0.4 is 5.32 Å². The zero-order chi connectivity index (χ0) is 70.5. The van der Waals surface area contributed by atoms with E-state index in [1.807, 2.05) is 137 Å². The summed E-state index contributed by atoms with van der Waals surface area (Å²) in [6, 6.07) is 24.4. The molecule has 15 nitrogen and oxygen atoms in total. The Hall–Kier alpha value is -7.80. The number of nitrogens with zero attached hydrogens (tertiary/aromatic N) is 3. The van der Waals surface area contributed by atoms with Crippen LogP contribution in [0.2, 0.25) is 0 Å². The molecule has 0 unspecified atom stereocenters. The molecular formula is C80H98F2N4O11. The Kier molecular flexibility index (Phi) is 23.1. The molecule has 2 saturated heterocycles. The van der Waals surface area contributed by atoms with E-state index in [2.05, 4.69) is 45.2 Å². The molecule has 1 amide bonds. The van der Waals surface area contributed by atoms with E-state index in [4.69, 9.17) is 38.4 Å². The largest absolute Gasteiger partial charge is 0.478 e. The zero-order valence-electron chi connectivity index (χ0n) is 59.5. The molecule has 2 aliphatic carbocycles. The Morgan fingerprint density at radius 1 is 0.608 bits per heavy atom. The minimum Gasteiger partial charge on any atom is -0.478 e. The van der Waals surface area contributed by atoms with E-state index in [-0.39, 0.29) is 84.1 Å². The summed E-state index contributed by atoms with van der Waals surface area (Å²) in [6.45, 7) is 28.3. The highest BCUT2D eigenvalue weighted by atomic mass is 19.1. The Bertz CT molecular complexity index is 3910. The summed E-state index contributed by atoms with van der Waals surface area (Å²) >= 11 is 0. The molecular weight excluding hydrogens is 1230 g/mol. The summed E-state index contributed by atoms with van der Waals surface area (Å²) < 4.78 is 64.5. The van der Waals surface area contributed by atoms with Crippen molar-refractivity contribution in [3.05, 3.63) is 165 Å². The Balaban J connectivity index is 0.000000228. The highest BCUT2D eigenvalue weighted by Gasteiger charge is 2.39. The lowest BCUT2D eigenvalue weighted by atomic mass is 9.86. The number of carbonyl (C=O) groups excluding carboxylic acids is 3. The number of carboxylic acid groups (broad SMARTS) is 1. The van der Waals surface area contributed by atoms with Crippen molar-refractivity contribution < 1.29 is 61.5 Å². The smallest absolute Gasteiger partial charge is 0.335 e. The molecule has 0 saturated carbocycles. The lowest BCUT2D eigenvalue weighted by molar-refractivity contribution is -0.291. The lowest BCUT2D eigenvalue weighted by Gasteiger charge is -2.40. The van der Waals surface area contributed by atoms with Crippen LogP contribution in [0.5, 0.6) is 0 Å². The fourth-order valence-electron chi connectivity index (χ4n) is 13.4. The molecule has 518 valence electrons. The number of hydrogen-bond acceptors (Lipinski definition) is 13. The maximum Gasteiger partial charge on any atom is 0.335 e. The summed E-state index contributed by atoms with van der Waals surface area (Å²) in [5, 5.41) is 12.7. The highest BCUT2D eigenvalue weighted by Crippen LogP contribution is 2.45. The van der Waals surface area contributed by atoms with E-state index in [0.717, 1.165) is 135 Å². The molecule has 0 radical (unpaired) electrons. The Morgan fingerprint density at radius 3 is 1.39 bits per heavy atom. The highest BCUT2D eigenvalue weighted by molar-refractivity contribution is 5.96. The second-order valence-electron chi connectivity index (χ2n) is 29.7. The van der Waals surface area contributed by atoms with Gasteiger partial charge in [0.05, 0.1) is 65.6 Å². The van der Waals surface area contributed by atoms with Gasteiger partial charge < -0.3 is 43.7 Å². The van der Waals surface area contributed by atoms with Crippen molar-refractivity contribution in [2.75, 3.05) is 27.2 Å². The van der Waals surface area contributed by atoms with Gasteiger partial charge >= 0.3 is 17.9 Å². The van der Waals surface area contributed by atoms with Crippen LogP contribution in [-0.4, -0.2) is 118 Å². The number of aromatic carboxylic acids is 1. The fourth-order valence-corrected chi connectivity index (χ4v) is 13.4. The number of hydrogen-bond donors (Lipinski definition) is 2. The number of nitrogens with one attached hydrogen (secondary N) is 1. The van der Waals surface area contributed by atoms with Gasteiger partial charge in [0, 0.05) is 53.7 Å². The average molecular weight is 1330 g/mol. The number of ether oxygens (including phenoxy) is 6. The van der Waals surface area contributed by atoms with Crippen LogP contribution in [0, 0.1) is 11.6 Å². The van der Waals surface area contributed by atoms with Gasteiger partial charge in [0.2, 0.25) is 0 Å². The van der Waals surface area contributed by atoms with Crippen molar-refractivity contribution in [1.29, 1.82) is 0 Å². The molecule has 2 fully saturated rings. The predicted octanol–water partition coefficient (Wildman–Crippen LogP) is 16.6. The monoisotopic (exact) mass is 1330 g/mol. The first kappa shape index (κ1) is 73.4. The van der Waals surface area contributed by atoms with Crippen LogP contribution in [0.15, 0.2) is 97.1 Å². The molecule has 4 atom stereocenters. The number of likely N-dealkylation sites (N-methyl/N-ethyl adjacent to an activating group) is 1. The molecule has 6 aromatic rings. The van der Waals surface area contributed by atoms with Gasteiger partial charge in [-0.05, 0) is 227 Å². The van der Waals surface area contributed by atoms with Gasteiger partial charge in [-0.2, -0.15) is 0 Å². The zero-order valence-corrected chi connectivity index (χ0v) is 59.5. The fraction of sp³-hybridized carbons (Fsp3) is 0.475. The van der Waals surface area contributed by atoms with Gasteiger partial charge in [-0.1, -0.05) is 88.4 Å². The summed E-state index contributed by atoms with van der Waals surface area (Å²) in [5.74, 6) is -3.98. The normalized spacial score (nSPS) is 19.1. The van der Waals surface area contributed by atoms with Gasteiger partial charge in [0.25, 0.3) is 5.91 Å². The number of carbonyl (C=O) groups is 4. The van der Waals surface area contributed by atoms with Crippen molar-refractivity contribution >= 4 is 36.0 Å². The van der Waals surface area contributed by atoms with Crippen molar-refractivity contribution in [3.8, 4) is 44.8 Å². The van der Waals surface area contributed by atoms with Crippen molar-refractivity contribution in [2.24, 2.45) is 0 Å². The number of pyridine rings is 2. The summed E-state index contributed by atoms with van der Waals surface area (Å²) in [7, 11) is 3.96. The molecule has 10 rings (SSSR count). The second kappa shape index (κ2) is 30.5.